The van der Waals surface area contributed by atoms with Crippen LogP contribution in [-0.4, -0.2) is 23.0 Å². The number of fused-ring (bicyclic) bond motifs is 1. The highest BCUT2D eigenvalue weighted by Gasteiger charge is 2.33. The molecule has 0 atom stereocenters. The molecule has 2 heterocycles. The van der Waals surface area contributed by atoms with E-state index in [0.717, 1.165) is 25.3 Å². The molecule has 0 aliphatic carbocycles. The van der Waals surface area contributed by atoms with Crippen LogP contribution in [0.25, 0.3) is 0 Å². The van der Waals surface area contributed by atoms with Gasteiger partial charge >= 0.3 is 0 Å². The third kappa shape index (κ3) is 2.60. The topological polar surface area (TPSA) is 42.1 Å². The Kier molecular flexibility index (Phi) is 3.13. The van der Waals surface area contributed by atoms with Crippen LogP contribution in [0.4, 0.5) is 5.69 Å². The van der Waals surface area contributed by atoms with E-state index in [2.05, 4.69) is 43.6 Å². The lowest BCUT2D eigenvalue weighted by Crippen LogP contribution is -2.43. The van der Waals surface area contributed by atoms with Crippen LogP contribution in [0.5, 0.6) is 0 Å². The molecule has 0 fully saturated rings. The highest BCUT2D eigenvalue weighted by Crippen LogP contribution is 2.32. The molecule has 0 bridgehead atoms. The molecule has 3 nitrogen and oxygen atoms in total. The molecule has 1 aromatic rings. The third-order valence-electron chi connectivity index (χ3n) is 3.18. The van der Waals surface area contributed by atoms with Gasteiger partial charge in [0, 0.05) is 25.0 Å². The SMILES string of the molecule is C[C](C)CN1Cc2cc(N)cnc2C(C)(C)C1. The molecular weight excluding hydrogens is 210 g/mol. The van der Waals surface area contributed by atoms with E-state index in [1.165, 1.54) is 17.2 Å². The lowest BCUT2D eigenvalue weighted by Gasteiger charge is -2.39. The van der Waals surface area contributed by atoms with Crippen molar-refractivity contribution in [2.75, 3.05) is 18.8 Å². The van der Waals surface area contributed by atoms with E-state index >= 15 is 0 Å². The summed E-state index contributed by atoms with van der Waals surface area (Å²) in [6.45, 7) is 11.9. The second-order valence-corrected chi connectivity index (χ2v) is 6.01. The summed E-state index contributed by atoms with van der Waals surface area (Å²) in [7, 11) is 0. The summed E-state index contributed by atoms with van der Waals surface area (Å²) in [5.74, 6) is 1.45. The van der Waals surface area contributed by atoms with Gasteiger partial charge in [0.25, 0.3) is 0 Å². The fraction of sp³-hybridized carbons (Fsp3) is 0.571. The summed E-state index contributed by atoms with van der Waals surface area (Å²) in [5.41, 5.74) is 9.19. The molecule has 1 radical (unpaired) electrons. The average molecular weight is 232 g/mol. The third-order valence-corrected chi connectivity index (χ3v) is 3.18. The molecule has 0 spiro atoms. The van der Waals surface area contributed by atoms with E-state index in [0.29, 0.717) is 0 Å². The highest BCUT2D eigenvalue weighted by molar-refractivity contribution is 5.43. The molecule has 3 heteroatoms. The fourth-order valence-electron chi connectivity index (χ4n) is 2.75. The summed E-state index contributed by atoms with van der Waals surface area (Å²) in [6, 6.07) is 2.07. The van der Waals surface area contributed by atoms with E-state index < -0.39 is 0 Å². The Morgan fingerprint density at radius 2 is 2.18 bits per heavy atom. The Morgan fingerprint density at radius 1 is 1.47 bits per heavy atom. The van der Waals surface area contributed by atoms with Crippen molar-refractivity contribution in [3.8, 4) is 0 Å². The summed E-state index contributed by atoms with van der Waals surface area (Å²) in [5, 5.41) is 0. The van der Waals surface area contributed by atoms with Gasteiger partial charge in [-0.3, -0.25) is 9.88 Å². The molecule has 93 valence electrons. The molecule has 0 saturated heterocycles. The zero-order valence-electron chi connectivity index (χ0n) is 11.2. The molecule has 17 heavy (non-hydrogen) atoms. The summed E-state index contributed by atoms with van der Waals surface area (Å²) in [6.07, 6.45) is 1.77. The number of nitrogen functional groups attached to an aromatic ring is 1. The van der Waals surface area contributed by atoms with Crippen LogP contribution in [0.15, 0.2) is 12.3 Å². The minimum atomic E-state index is 0.108. The number of pyridine rings is 1. The maximum Gasteiger partial charge on any atom is 0.0519 e. The highest BCUT2D eigenvalue weighted by atomic mass is 15.1. The molecule has 0 aromatic carbocycles. The summed E-state index contributed by atoms with van der Waals surface area (Å²) < 4.78 is 0. The zero-order valence-corrected chi connectivity index (χ0v) is 11.2. The number of nitrogens with zero attached hydrogens (tertiary/aromatic N) is 2. The molecule has 0 saturated carbocycles. The normalized spacial score (nSPS) is 19.4. The van der Waals surface area contributed by atoms with Crippen molar-refractivity contribution in [3.63, 3.8) is 0 Å². The van der Waals surface area contributed by atoms with E-state index in [1.807, 2.05) is 0 Å². The molecule has 0 unspecified atom stereocenters. The predicted molar refractivity (Wildman–Crippen MR) is 71.5 cm³/mol. The van der Waals surface area contributed by atoms with Gasteiger partial charge in [-0.1, -0.05) is 27.7 Å². The van der Waals surface area contributed by atoms with Gasteiger partial charge in [0.15, 0.2) is 0 Å². The minimum Gasteiger partial charge on any atom is -0.397 e. The van der Waals surface area contributed by atoms with E-state index in [4.69, 9.17) is 5.73 Å². The van der Waals surface area contributed by atoms with Crippen LogP contribution >= 0.6 is 0 Å². The second kappa shape index (κ2) is 4.30. The summed E-state index contributed by atoms with van der Waals surface area (Å²) in [4.78, 5) is 7.00. The number of anilines is 1. The Labute approximate surface area is 104 Å². The van der Waals surface area contributed by atoms with Crippen LogP contribution in [0.3, 0.4) is 0 Å². The van der Waals surface area contributed by atoms with Crippen LogP contribution in [-0.2, 0) is 12.0 Å². The Bertz CT molecular complexity index is 410. The maximum absolute atomic E-state index is 5.83. The van der Waals surface area contributed by atoms with Gasteiger partial charge in [-0.15, -0.1) is 0 Å². The van der Waals surface area contributed by atoms with Crippen molar-refractivity contribution >= 4 is 5.69 Å². The Balaban J connectivity index is 2.31. The molecule has 1 aliphatic heterocycles. The average Bonchev–Trinajstić information content (AvgIpc) is 2.13. The number of hydrogen-bond acceptors (Lipinski definition) is 3. The monoisotopic (exact) mass is 232 g/mol. The van der Waals surface area contributed by atoms with Crippen molar-refractivity contribution in [3.05, 3.63) is 29.4 Å². The largest absolute Gasteiger partial charge is 0.397 e. The molecule has 2 rings (SSSR count). The van der Waals surface area contributed by atoms with Crippen molar-refractivity contribution in [1.29, 1.82) is 0 Å². The summed E-state index contributed by atoms with van der Waals surface area (Å²) >= 11 is 0. The van der Waals surface area contributed by atoms with Crippen molar-refractivity contribution < 1.29 is 0 Å². The lowest BCUT2D eigenvalue weighted by atomic mass is 9.82. The molecule has 2 N–H and O–H groups in total. The molecule has 1 aromatic heterocycles. The predicted octanol–water partition coefficient (Wildman–Crippen LogP) is 2.37. The van der Waals surface area contributed by atoms with Gasteiger partial charge in [-0.2, -0.15) is 0 Å². The first-order valence-corrected chi connectivity index (χ1v) is 6.15. The lowest BCUT2D eigenvalue weighted by molar-refractivity contribution is 0.197. The number of rotatable bonds is 2. The van der Waals surface area contributed by atoms with E-state index in [1.54, 1.807) is 6.20 Å². The maximum atomic E-state index is 5.83. The number of hydrogen-bond donors (Lipinski definition) is 1. The van der Waals surface area contributed by atoms with E-state index in [-0.39, 0.29) is 5.41 Å². The van der Waals surface area contributed by atoms with Gasteiger partial charge in [-0.25, -0.2) is 0 Å². The Hall–Kier alpha value is -1.09. The molecule has 1 aliphatic rings. The van der Waals surface area contributed by atoms with Crippen LogP contribution < -0.4 is 5.73 Å². The standard InChI is InChI=1S/C14H22N3/c1-10(2)7-17-8-11-5-12(15)6-16-13(11)14(3,4)9-17/h5-6H,7-9,15H2,1-4H3. The van der Waals surface area contributed by atoms with Gasteiger partial charge in [-0.05, 0) is 17.5 Å². The number of aromatic nitrogens is 1. The van der Waals surface area contributed by atoms with Crippen molar-refractivity contribution in [2.24, 2.45) is 0 Å². The van der Waals surface area contributed by atoms with Gasteiger partial charge in [0.05, 0.1) is 17.6 Å². The first kappa shape index (κ1) is 12.4. The van der Waals surface area contributed by atoms with Gasteiger partial charge in [0.1, 0.15) is 0 Å². The van der Waals surface area contributed by atoms with Crippen molar-refractivity contribution in [1.82, 2.24) is 9.88 Å². The molecule has 0 amide bonds. The Morgan fingerprint density at radius 3 is 2.82 bits per heavy atom. The van der Waals surface area contributed by atoms with Crippen LogP contribution in [0.1, 0.15) is 39.0 Å². The van der Waals surface area contributed by atoms with E-state index in [9.17, 15) is 0 Å². The van der Waals surface area contributed by atoms with Gasteiger partial charge < -0.3 is 5.73 Å². The smallest absolute Gasteiger partial charge is 0.0519 e. The minimum absolute atomic E-state index is 0.108. The van der Waals surface area contributed by atoms with Crippen molar-refractivity contribution in [2.45, 2.75) is 39.7 Å². The fourth-order valence-corrected chi connectivity index (χ4v) is 2.75. The van der Waals surface area contributed by atoms with Gasteiger partial charge in [0.2, 0.25) is 0 Å². The second-order valence-electron chi connectivity index (χ2n) is 6.01. The quantitative estimate of drug-likeness (QED) is 0.851. The zero-order chi connectivity index (χ0) is 12.6. The first-order valence-electron chi connectivity index (χ1n) is 6.15. The number of nitrogens with two attached hydrogens (primary N) is 1. The molecular formula is C14H22N3. The first-order chi connectivity index (χ1) is 7.88. The van der Waals surface area contributed by atoms with Crippen LogP contribution in [0.2, 0.25) is 0 Å². The van der Waals surface area contributed by atoms with Crippen LogP contribution in [0, 0.1) is 5.92 Å².